The molecule has 0 saturated carbocycles. The zero-order valence-corrected chi connectivity index (χ0v) is 15.0. The first-order valence-electron chi connectivity index (χ1n) is 8.55. The Morgan fingerprint density at radius 1 is 1.43 bits per heavy atom. The largest absolute Gasteiger partial charge is 0.493 e. The number of likely N-dealkylation sites (tertiary alicyclic amines) is 1. The second-order valence-electron chi connectivity index (χ2n) is 6.12. The predicted octanol–water partition coefficient (Wildman–Crippen LogP) is 3.81. The molecule has 1 aromatic rings. The van der Waals surface area contributed by atoms with Crippen LogP contribution in [0.5, 0.6) is 5.75 Å². The van der Waals surface area contributed by atoms with Gasteiger partial charge in [-0.1, -0.05) is 25.1 Å². The molecule has 0 radical (unpaired) electrons. The normalized spacial score (nSPS) is 18.8. The van der Waals surface area contributed by atoms with Crippen molar-refractivity contribution in [1.29, 1.82) is 0 Å². The maximum atomic E-state index is 12.5. The Morgan fingerprint density at radius 3 is 3.00 bits per heavy atom. The molecule has 128 valence electrons. The number of hydrogen-bond acceptors (Lipinski definition) is 5. The fourth-order valence-electron chi connectivity index (χ4n) is 2.86. The summed E-state index contributed by atoms with van der Waals surface area (Å²) in [7, 11) is 0. The molecule has 1 heterocycles. The van der Waals surface area contributed by atoms with Crippen molar-refractivity contribution in [2.75, 3.05) is 31.2 Å². The number of rotatable bonds is 7. The van der Waals surface area contributed by atoms with Crippen LogP contribution in [0.15, 0.2) is 18.2 Å². The average Bonchev–Trinajstić information content (AvgIpc) is 2.54. The molecule has 0 bridgehead atoms. The van der Waals surface area contributed by atoms with Gasteiger partial charge in [0, 0.05) is 30.1 Å². The first kappa shape index (κ1) is 18.1. The van der Waals surface area contributed by atoms with E-state index >= 15 is 0 Å². The lowest BCUT2D eigenvalue weighted by molar-refractivity contribution is 0.108. The summed E-state index contributed by atoms with van der Waals surface area (Å²) in [6.45, 7) is 7.05. The first-order chi connectivity index (χ1) is 11.1. The van der Waals surface area contributed by atoms with Crippen molar-refractivity contribution in [2.24, 2.45) is 0 Å². The molecule has 1 unspecified atom stereocenters. The third kappa shape index (κ3) is 5.43. The van der Waals surface area contributed by atoms with Gasteiger partial charge in [-0.25, -0.2) is 0 Å². The number of nitrogens with two attached hydrogens (primary N) is 1. The minimum atomic E-state index is 0.0702. The van der Waals surface area contributed by atoms with E-state index in [1.807, 2.05) is 6.92 Å². The Balaban J connectivity index is 1.89. The van der Waals surface area contributed by atoms with Gasteiger partial charge >= 0.3 is 0 Å². The Kier molecular flexibility index (Phi) is 7.24. The van der Waals surface area contributed by atoms with E-state index in [2.05, 4.69) is 11.8 Å². The molecular weight excluding hydrogens is 308 g/mol. The lowest BCUT2D eigenvalue weighted by Crippen LogP contribution is -2.38. The van der Waals surface area contributed by atoms with Gasteiger partial charge in [0.2, 0.25) is 5.12 Å². The first-order valence-corrected chi connectivity index (χ1v) is 9.54. The van der Waals surface area contributed by atoms with Crippen LogP contribution in [0.1, 0.15) is 49.9 Å². The maximum absolute atomic E-state index is 12.5. The van der Waals surface area contributed by atoms with Crippen molar-refractivity contribution in [3.05, 3.63) is 23.8 Å². The fraction of sp³-hybridized carbons (Fsp3) is 0.611. The molecule has 0 aromatic heterocycles. The van der Waals surface area contributed by atoms with E-state index in [9.17, 15) is 4.79 Å². The van der Waals surface area contributed by atoms with E-state index in [0.717, 1.165) is 25.3 Å². The zero-order valence-electron chi connectivity index (χ0n) is 14.2. The van der Waals surface area contributed by atoms with Crippen molar-refractivity contribution in [1.82, 2.24) is 4.90 Å². The topological polar surface area (TPSA) is 55.6 Å². The van der Waals surface area contributed by atoms with Gasteiger partial charge in [-0.3, -0.25) is 9.69 Å². The number of hydrogen-bond donors (Lipinski definition) is 1. The second kappa shape index (κ2) is 9.18. The van der Waals surface area contributed by atoms with Crippen molar-refractivity contribution in [3.63, 3.8) is 0 Å². The van der Waals surface area contributed by atoms with Crippen molar-refractivity contribution in [3.8, 4) is 5.75 Å². The third-order valence-electron chi connectivity index (χ3n) is 4.24. The highest BCUT2D eigenvalue weighted by atomic mass is 32.2. The van der Waals surface area contributed by atoms with Gasteiger partial charge in [-0.2, -0.15) is 0 Å². The van der Waals surface area contributed by atoms with Gasteiger partial charge in [0.1, 0.15) is 5.75 Å². The number of nitrogen functional groups attached to an aromatic ring is 1. The van der Waals surface area contributed by atoms with E-state index in [1.165, 1.54) is 31.0 Å². The summed E-state index contributed by atoms with van der Waals surface area (Å²) >= 11 is 1.38. The Labute approximate surface area is 143 Å². The van der Waals surface area contributed by atoms with Gasteiger partial charge in [-0.15, -0.1) is 0 Å². The van der Waals surface area contributed by atoms with E-state index < -0.39 is 0 Å². The van der Waals surface area contributed by atoms with Crippen molar-refractivity contribution >= 4 is 22.6 Å². The van der Waals surface area contributed by atoms with E-state index in [-0.39, 0.29) is 5.12 Å². The number of thioether (sulfide) groups is 1. The van der Waals surface area contributed by atoms with Gasteiger partial charge in [-0.05, 0) is 44.9 Å². The Hall–Kier alpha value is -1.20. The van der Waals surface area contributed by atoms with E-state index in [0.29, 0.717) is 29.6 Å². The molecule has 23 heavy (non-hydrogen) atoms. The monoisotopic (exact) mass is 336 g/mol. The van der Waals surface area contributed by atoms with Crippen LogP contribution in [0.25, 0.3) is 0 Å². The zero-order chi connectivity index (χ0) is 16.7. The SMILES string of the molecule is CCCOc1cc(N)ccc1C(=O)SCCN1CCCCC1C. The molecule has 2 N–H and O–H groups in total. The third-order valence-corrected chi connectivity index (χ3v) is 5.11. The number of piperidine rings is 1. The maximum Gasteiger partial charge on any atom is 0.223 e. The smallest absolute Gasteiger partial charge is 0.223 e. The molecule has 5 heteroatoms. The Bertz CT molecular complexity index is 522. The van der Waals surface area contributed by atoms with Gasteiger partial charge in [0.05, 0.1) is 12.2 Å². The van der Waals surface area contributed by atoms with Crippen LogP contribution in [0.4, 0.5) is 5.69 Å². The molecule has 0 aliphatic carbocycles. The number of anilines is 1. The van der Waals surface area contributed by atoms with Gasteiger partial charge in [0.15, 0.2) is 0 Å². The quantitative estimate of drug-likeness (QED) is 0.768. The molecule has 2 rings (SSSR count). The highest BCUT2D eigenvalue weighted by Crippen LogP contribution is 2.26. The molecule has 1 atom stereocenters. The predicted molar refractivity (Wildman–Crippen MR) is 98.3 cm³/mol. The van der Waals surface area contributed by atoms with Crippen molar-refractivity contribution < 1.29 is 9.53 Å². The molecular formula is C18H28N2O2S. The van der Waals surface area contributed by atoms with Crippen LogP contribution in [0, 0.1) is 0 Å². The molecule has 1 aliphatic rings. The molecule has 0 spiro atoms. The van der Waals surface area contributed by atoms with Crippen molar-refractivity contribution in [2.45, 2.75) is 45.6 Å². The summed E-state index contributed by atoms with van der Waals surface area (Å²) in [4.78, 5) is 15.0. The van der Waals surface area contributed by atoms with Gasteiger partial charge < -0.3 is 10.5 Å². The minimum absolute atomic E-state index is 0.0702. The summed E-state index contributed by atoms with van der Waals surface area (Å²) in [6.07, 6.45) is 4.78. The highest BCUT2D eigenvalue weighted by molar-refractivity contribution is 8.14. The number of benzene rings is 1. The highest BCUT2D eigenvalue weighted by Gasteiger charge is 2.19. The summed E-state index contributed by atoms with van der Waals surface area (Å²) < 4.78 is 5.68. The van der Waals surface area contributed by atoms with Crippen LogP contribution in [0.3, 0.4) is 0 Å². The fourth-order valence-corrected chi connectivity index (χ4v) is 3.70. The van der Waals surface area contributed by atoms with E-state index in [1.54, 1.807) is 18.2 Å². The summed E-state index contributed by atoms with van der Waals surface area (Å²) in [5.74, 6) is 1.43. The molecule has 1 fully saturated rings. The number of ether oxygens (including phenoxy) is 1. The van der Waals surface area contributed by atoms with Crippen LogP contribution in [0.2, 0.25) is 0 Å². The van der Waals surface area contributed by atoms with Crippen LogP contribution < -0.4 is 10.5 Å². The van der Waals surface area contributed by atoms with Crippen LogP contribution in [-0.4, -0.2) is 41.5 Å². The lowest BCUT2D eigenvalue weighted by atomic mass is 10.0. The summed E-state index contributed by atoms with van der Waals surface area (Å²) in [6, 6.07) is 5.92. The second-order valence-corrected chi connectivity index (χ2v) is 7.19. The summed E-state index contributed by atoms with van der Waals surface area (Å²) in [5, 5.41) is 0.0702. The number of carbonyl (C=O) groups excluding carboxylic acids is 1. The van der Waals surface area contributed by atoms with Crippen LogP contribution >= 0.6 is 11.8 Å². The lowest BCUT2D eigenvalue weighted by Gasteiger charge is -2.33. The van der Waals surface area contributed by atoms with E-state index in [4.69, 9.17) is 10.5 Å². The minimum Gasteiger partial charge on any atom is -0.493 e. The molecule has 4 nitrogen and oxygen atoms in total. The van der Waals surface area contributed by atoms with Crippen LogP contribution in [-0.2, 0) is 0 Å². The molecule has 0 amide bonds. The summed E-state index contributed by atoms with van der Waals surface area (Å²) in [5.41, 5.74) is 7.06. The number of nitrogens with zero attached hydrogens (tertiary/aromatic N) is 1. The molecule has 1 saturated heterocycles. The standard InChI is InChI=1S/C18H28N2O2S/c1-3-11-22-17-13-15(19)7-8-16(17)18(21)23-12-10-20-9-5-4-6-14(20)2/h7-8,13-14H,3-6,9-12,19H2,1-2H3. The van der Waals surface area contributed by atoms with Gasteiger partial charge in [0.25, 0.3) is 0 Å². The molecule has 1 aromatic carbocycles. The number of carbonyl (C=O) groups is 1. The molecule has 1 aliphatic heterocycles. The average molecular weight is 337 g/mol. The Morgan fingerprint density at radius 2 is 2.26 bits per heavy atom.